The van der Waals surface area contributed by atoms with Crippen molar-refractivity contribution >= 4 is 22.7 Å². The van der Waals surface area contributed by atoms with E-state index in [9.17, 15) is 9.59 Å². The van der Waals surface area contributed by atoms with E-state index in [1.165, 1.54) is 10.9 Å². The molecule has 1 aliphatic heterocycles. The Kier molecular flexibility index (Phi) is 8.48. The van der Waals surface area contributed by atoms with E-state index in [0.29, 0.717) is 38.6 Å². The summed E-state index contributed by atoms with van der Waals surface area (Å²) in [7, 11) is 0. The summed E-state index contributed by atoms with van der Waals surface area (Å²) in [5, 5.41) is 10.4. The highest BCUT2D eigenvalue weighted by molar-refractivity contribution is 5.88. The van der Waals surface area contributed by atoms with Crippen molar-refractivity contribution in [2.24, 2.45) is 11.8 Å². The monoisotopic (exact) mass is 492 g/mol. The smallest absolute Gasteiger partial charge is 0.243 e. The van der Waals surface area contributed by atoms with Gasteiger partial charge in [0.05, 0.1) is 13.2 Å². The molecule has 2 heterocycles. The molecule has 2 aromatic carbocycles. The number of rotatable bonds is 10. The van der Waals surface area contributed by atoms with Gasteiger partial charge in [-0.3, -0.25) is 9.59 Å². The molecule has 2 amide bonds. The van der Waals surface area contributed by atoms with Gasteiger partial charge in [0, 0.05) is 49.1 Å². The van der Waals surface area contributed by atoms with Crippen molar-refractivity contribution in [1.29, 1.82) is 0 Å². The van der Waals surface area contributed by atoms with E-state index in [0.717, 1.165) is 23.3 Å². The number of ether oxygens (including phenoxy) is 2. The minimum atomic E-state index is -0.617. The molecule has 0 spiro atoms. The third-order valence-corrected chi connectivity index (χ3v) is 6.42. The number of fused-ring (bicyclic) bond motifs is 2. The maximum absolute atomic E-state index is 13.0. The van der Waals surface area contributed by atoms with Gasteiger partial charge in [-0.05, 0) is 41.3 Å². The van der Waals surface area contributed by atoms with Gasteiger partial charge in [0.1, 0.15) is 6.04 Å². The predicted molar refractivity (Wildman–Crippen MR) is 140 cm³/mol. The molecule has 8 nitrogen and oxygen atoms in total. The number of hydrogen-bond donors (Lipinski definition) is 4. The van der Waals surface area contributed by atoms with Crippen molar-refractivity contribution in [3.8, 4) is 11.5 Å². The van der Waals surface area contributed by atoms with Crippen LogP contribution in [-0.2, 0) is 22.7 Å². The second-order valence-electron chi connectivity index (χ2n) is 9.67. The molecule has 2 unspecified atom stereocenters. The number of aromatic nitrogens is 1. The van der Waals surface area contributed by atoms with Crippen LogP contribution in [-0.4, -0.2) is 42.6 Å². The first-order valence-corrected chi connectivity index (χ1v) is 12.6. The molecule has 0 bridgehead atoms. The molecule has 0 saturated carbocycles. The molecular weight excluding hydrogens is 456 g/mol. The third kappa shape index (κ3) is 6.37. The fraction of sp³-hybridized carbons (Fsp3) is 0.429. The molecule has 2 atom stereocenters. The Morgan fingerprint density at radius 2 is 1.78 bits per heavy atom. The van der Waals surface area contributed by atoms with Crippen LogP contribution >= 0.6 is 0 Å². The molecular formula is C28H36N4O4. The lowest BCUT2D eigenvalue weighted by molar-refractivity contribution is -0.131. The molecule has 0 radical (unpaired) electrons. The highest BCUT2D eigenvalue weighted by Crippen LogP contribution is 2.30. The first-order valence-electron chi connectivity index (χ1n) is 12.6. The van der Waals surface area contributed by atoms with Crippen LogP contribution in [0.2, 0.25) is 0 Å². The van der Waals surface area contributed by atoms with Gasteiger partial charge in [-0.25, -0.2) is 0 Å². The van der Waals surface area contributed by atoms with E-state index in [1.807, 2.05) is 57.3 Å². The van der Waals surface area contributed by atoms with E-state index in [2.05, 4.69) is 33.1 Å². The van der Waals surface area contributed by atoms with E-state index in [1.54, 1.807) is 0 Å². The standard InChI is InChI=1S/C28H36N4O4/c1-18(2)26(28(34)31-16-20-8-9-24-25(14-20)36-13-5-12-35-24)32-27(33)19(3)15-29-17-21-6-4-7-23-22(21)10-11-30-23/h4,6-11,14,18-19,26,29-30H,5,12-13,15-17H2,1-3H3,(H,31,34)(H,32,33). The summed E-state index contributed by atoms with van der Waals surface area (Å²) in [5.74, 6) is 0.733. The number of hydrogen-bond acceptors (Lipinski definition) is 5. The zero-order valence-corrected chi connectivity index (χ0v) is 21.2. The van der Waals surface area contributed by atoms with Crippen LogP contribution in [0.5, 0.6) is 11.5 Å². The Morgan fingerprint density at radius 1 is 0.972 bits per heavy atom. The minimum Gasteiger partial charge on any atom is -0.490 e. The normalized spacial score (nSPS) is 14.8. The van der Waals surface area contributed by atoms with Crippen molar-refractivity contribution < 1.29 is 19.1 Å². The number of amides is 2. The topological polar surface area (TPSA) is 104 Å². The largest absolute Gasteiger partial charge is 0.490 e. The summed E-state index contributed by atoms with van der Waals surface area (Å²) in [6.45, 7) is 8.49. The van der Waals surface area contributed by atoms with Gasteiger partial charge in [-0.15, -0.1) is 0 Å². The van der Waals surface area contributed by atoms with Crippen molar-refractivity contribution in [1.82, 2.24) is 20.9 Å². The summed E-state index contributed by atoms with van der Waals surface area (Å²) in [6, 6.07) is 13.3. The summed E-state index contributed by atoms with van der Waals surface area (Å²) in [6.07, 6.45) is 2.77. The van der Waals surface area contributed by atoms with Crippen LogP contribution in [0.15, 0.2) is 48.7 Å². The second-order valence-corrected chi connectivity index (χ2v) is 9.67. The van der Waals surface area contributed by atoms with Crippen molar-refractivity contribution in [2.45, 2.75) is 46.3 Å². The highest BCUT2D eigenvalue weighted by atomic mass is 16.5. The van der Waals surface area contributed by atoms with E-state index in [-0.39, 0.29) is 23.7 Å². The molecule has 4 N–H and O–H groups in total. The zero-order chi connectivity index (χ0) is 25.5. The first-order chi connectivity index (χ1) is 17.4. The Balaban J connectivity index is 1.27. The Hall–Kier alpha value is -3.52. The highest BCUT2D eigenvalue weighted by Gasteiger charge is 2.26. The van der Waals surface area contributed by atoms with Gasteiger partial charge in [0.2, 0.25) is 11.8 Å². The fourth-order valence-electron chi connectivity index (χ4n) is 4.27. The van der Waals surface area contributed by atoms with Crippen LogP contribution in [0.3, 0.4) is 0 Å². The van der Waals surface area contributed by atoms with Crippen molar-refractivity contribution in [2.75, 3.05) is 19.8 Å². The number of aromatic amines is 1. The summed E-state index contributed by atoms with van der Waals surface area (Å²) < 4.78 is 11.4. The van der Waals surface area contributed by atoms with Crippen LogP contribution in [0.1, 0.15) is 38.3 Å². The number of H-pyrrole nitrogens is 1. The zero-order valence-electron chi connectivity index (χ0n) is 21.2. The summed E-state index contributed by atoms with van der Waals surface area (Å²) >= 11 is 0. The van der Waals surface area contributed by atoms with Gasteiger partial charge >= 0.3 is 0 Å². The molecule has 192 valence electrons. The van der Waals surface area contributed by atoms with Gasteiger partial charge in [-0.2, -0.15) is 0 Å². The fourth-order valence-corrected chi connectivity index (χ4v) is 4.27. The average Bonchev–Trinajstić information content (AvgIpc) is 3.24. The van der Waals surface area contributed by atoms with Crippen LogP contribution in [0.25, 0.3) is 10.9 Å². The lowest BCUT2D eigenvalue weighted by Crippen LogP contribution is -2.51. The molecule has 8 heteroatoms. The average molecular weight is 493 g/mol. The Bertz CT molecular complexity index is 1190. The lowest BCUT2D eigenvalue weighted by atomic mass is 10.0. The Morgan fingerprint density at radius 3 is 2.58 bits per heavy atom. The number of carbonyl (C=O) groups excluding carboxylic acids is 2. The van der Waals surface area contributed by atoms with Crippen molar-refractivity contribution in [3.05, 3.63) is 59.8 Å². The molecule has 4 rings (SSSR count). The second kappa shape index (κ2) is 11.9. The molecule has 0 fully saturated rings. The maximum atomic E-state index is 13.0. The molecule has 1 aromatic heterocycles. The molecule has 1 aliphatic rings. The van der Waals surface area contributed by atoms with Crippen LogP contribution < -0.4 is 25.4 Å². The van der Waals surface area contributed by atoms with E-state index < -0.39 is 6.04 Å². The van der Waals surface area contributed by atoms with Gasteiger partial charge in [0.15, 0.2) is 11.5 Å². The maximum Gasteiger partial charge on any atom is 0.243 e. The molecule has 36 heavy (non-hydrogen) atoms. The molecule has 0 aliphatic carbocycles. The van der Waals surface area contributed by atoms with Gasteiger partial charge < -0.3 is 30.4 Å². The summed E-state index contributed by atoms with van der Waals surface area (Å²) in [4.78, 5) is 29.0. The van der Waals surface area contributed by atoms with Crippen LogP contribution in [0, 0.1) is 11.8 Å². The first kappa shape index (κ1) is 25.6. The number of carbonyl (C=O) groups is 2. The minimum absolute atomic E-state index is 0.0518. The predicted octanol–water partition coefficient (Wildman–Crippen LogP) is 3.51. The SMILES string of the molecule is CC(CNCc1cccc2[nH]ccc12)C(=O)NC(C(=O)NCc1ccc2c(c1)OCCCO2)C(C)C. The third-order valence-electron chi connectivity index (χ3n) is 6.42. The Labute approximate surface area is 212 Å². The number of nitrogens with one attached hydrogen (secondary N) is 4. The van der Waals surface area contributed by atoms with E-state index in [4.69, 9.17) is 9.47 Å². The van der Waals surface area contributed by atoms with Gasteiger partial charge in [0.25, 0.3) is 0 Å². The van der Waals surface area contributed by atoms with Crippen molar-refractivity contribution in [3.63, 3.8) is 0 Å². The van der Waals surface area contributed by atoms with Gasteiger partial charge in [-0.1, -0.05) is 39.0 Å². The van der Waals surface area contributed by atoms with Crippen LogP contribution in [0.4, 0.5) is 0 Å². The summed E-state index contributed by atoms with van der Waals surface area (Å²) in [5.41, 5.74) is 3.18. The lowest BCUT2D eigenvalue weighted by Gasteiger charge is -2.24. The molecule has 0 saturated heterocycles. The molecule has 3 aromatic rings. The quantitative estimate of drug-likeness (QED) is 0.347. The van der Waals surface area contributed by atoms with E-state index >= 15 is 0 Å². The number of benzene rings is 2.